The van der Waals surface area contributed by atoms with Crippen LogP contribution in [0.1, 0.15) is 0 Å². The summed E-state index contributed by atoms with van der Waals surface area (Å²) in [6.45, 7) is 0.0190. The second kappa shape index (κ2) is 5.81. The van der Waals surface area contributed by atoms with Gasteiger partial charge in [0.25, 0.3) is 5.56 Å². The minimum absolute atomic E-state index is 0.0190. The number of halogens is 1. The first-order valence-electron chi connectivity index (χ1n) is 5.36. The maximum absolute atomic E-state index is 11.8. The van der Waals surface area contributed by atoms with Gasteiger partial charge in [0.1, 0.15) is 6.54 Å². The van der Waals surface area contributed by atoms with E-state index in [-0.39, 0.29) is 18.0 Å². The highest BCUT2D eigenvalue weighted by atomic mass is 127. The summed E-state index contributed by atoms with van der Waals surface area (Å²) in [4.78, 5) is 23.2. The van der Waals surface area contributed by atoms with Crippen LogP contribution < -0.4 is 10.9 Å². The fourth-order valence-electron chi connectivity index (χ4n) is 1.51. The van der Waals surface area contributed by atoms with E-state index in [0.717, 1.165) is 9.26 Å². The van der Waals surface area contributed by atoms with Crippen molar-refractivity contribution in [2.75, 3.05) is 5.32 Å². The average Bonchev–Trinajstić information content (AvgIpc) is 2.32. The van der Waals surface area contributed by atoms with Crippen molar-refractivity contribution in [1.29, 1.82) is 0 Å². The summed E-state index contributed by atoms with van der Waals surface area (Å²) in [7, 11) is 0. The first-order chi connectivity index (χ1) is 8.65. The van der Waals surface area contributed by atoms with Crippen LogP contribution in [0.5, 0.6) is 0 Å². The number of carbonyl (C=O) groups is 1. The molecule has 1 heterocycles. The minimum Gasteiger partial charge on any atom is -0.325 e. The van der Waals surface area contributed by atoms with E-state index in [9.17, 15) is 9.59 Å². The van der Waals surface area contributed by atoms with Crippen LogP contribution in [0.4, 0.5) is 5.69 Å². The molecule has 4 nitrogen and oxygen atoms in total. The highest BCUT2D eigenvalue weighted by Gasteiger charge is 2.04. The largest absolute Gasteiger partial charge is 0.325 e. The molecule has 0 bridgehead atoms. The number of carbonyl (C=O) groups excluding carboxylic acids is 1. The van der Waals surface area contributed by atoms with Gasteiger partial charge in [-0.3, -0.25) is 9.59 Å². The van der Waals surface area contributed by atoms with E-state index in [0.29, 0.717) is 0 Å². The highest BCUT2D eigenvalue weighted by molar-refractivity contribution is 14.1. The van der Waals surface area contributed by atoms with E-state index in [1.165, 1.54) is 10.6 Å². The first kappa shape index (κ1) is 12.8. The third-order valence-electron chi connectivity index (χ3n) is 2.32. The summed E-state index contributed by atoms with van der Waals surface area (Å²) in [5.74, 6) is -0.217. The number of rotatable bonds is 3. The van der Waals surface area contributed by atoms with Crippen LogP contribution in [0.15, 0.2) is 53.5 Å². The van der Waals surface area contributed by atoms with Gasteiger partial charge in [0, 0.05) is 21.5 Å². The maximum Gasteiger partial charge on any atom is 0.250 e. The van der Waals surface area contributed by atoms with E-state index in [1.807, 2.05) is 24.3 Å². The second-order valence-corrected chi connectivity index (χ2v) is 4.97. The average molecular weight is 354 g/mol. The Labute approximate surface area is 118 Å². The third-order valence-corrected chi connectivity index (χ3v) is 2.99. The number of nitrogens with zero attached hydrogens (tertiary/aromatic N) is 1. The van der Waals surface area contributed by atoms with Crippen LogP contribution in [-0.4, -0.2) is 10.5 Å². The lowest BCUT2D eigenvalue weighted by Crippen LogP contribution is -2.26. The van der Waals surface area contributed by atoms with E-state index in [2.05, 4.69) is 27.9 Å². The molecule has 1 aromatic carbocycles. The Morgan fingerprint density at radius 2 is 2.06 bits per heavy atom. The number of nitrogens with one attached hydrogen (secondary N) is 1. The number of benzene rings is 1. The molecule has 0 spiro atoms. The van der Waals surface area contributed by atoms with Crippen molar-refractivity contribution in [3.63, 3.8) is 0 Å². The molecule has 18 heavy (non-hydrogen) atoms. The van der Waals surface area contributed by atoms with Crippen LogP contribution in [-0.2, 0) is 11.3 Å². The molecule has 0 aliphatic heterocycles. The number of anilines is 1. The molecule has 92 valence electrons. The van der Waals surface area contributed by atoms with E-state index in [1.54, 1.807) is 18.3 Å². The van der Waals surface area contributed by atoms with E-state index < -0.39 is 0 Å². The SMILES string of the molecule is O=C(Cn1ccccc1=O)Nc1cccc(I)c1. The second-order valence-electron chi connectivity index (χ2n) is 3.73. The highest BCUT2D eigenvalue weighted by Crippen LogP contribution is 2.12. The summed E-state index contributed by atoms with van der Waals surface area (Å²) in [5.41, 5.74) is 0.547. The van der Waals surface area contributed by atoms with Gasteiger partial charge in [-0.1, -0.05) is 12.1 Å². The van der Waals surface area contributed by atoms with Crippen LogP contribution in [0.25, 0.3) is 0 Å². The molecule has 0 aliphatic rings. The van der Waals surface area contributed by atoms with Crippen LogP contribution in [0, 0.1) is 3.57 Å². The van der Waals surface area contributed by atoms with Crippen molar-refractivity contribution in [3.8, 4) is 0 Å². The van der Waals surface area contributed by atoms with Gasteiger partial charge in [-0.25, -0.2) is 0 Å². The summed E-state index contributed by atoms with van der Waals surface area (Å²) >= 11 is 2.17. The zero-order valence-corrected chi connectivity index (χ0v) is 11.6. The molecule has 0 fully saturated rings. The van der Waals surface area contributed by atoms with Gasteiger partial charge in [0.15, 0.2) is 0 Å². The Bertz CT molecular complexity index is 622. The first-order valence-corrected chi connectivity index (χ1v) is 6.44. The summed E-state index contributed by atoms with van der Waals surface area (Å²) in [5, 5.41) is 2.75. The van der Waals surface area contributed by atoms with Crippen LogP contribution in [0.3, 0.4) is 0 Å². The van der Waals surface area contributed by atoms with Crippen LogP contribution in [0.2, 0.25) is 0 Å². The summed E-state index contributed by atoms with van der Waals surface area (Å²) < 4.78 is 2.41. The molecule has 1 aromatic heterocycles. The molecule has 0 saturated carbocycles. The maximum atomic E-state index is 11.8. The van der Waals surface area contributed by atoms with Gasteiger partial charge < -0.3 is 9.88 Å². The molecule has 0 saturated heterocycles. The zero-order chi connectivity index (χ0) is 13.0. The lowest BCUT2D eigenvalue weighted by Gasteiger charge is -2.07. The smallest absolute Gasteiger partial charge is 0.250 e. The van der Waals surface area contributed by atoms with Crippen molar-refractivity contribution in [2.24, 2.45) is 0 Å². The number of amides is 1. The molecule has 5 heteroatoms. The van der Waals surface area contributed by atoms with Crippen LogP contribution >= 0.6 is 22.6 Å². The van der Waals surface area contributed by atoms with Crippen molar-refractivity contribution >= 4 is 34.2 Å². The molecule has 0 atom stereocenters. The number of aromatic nitrogens is 1. The van der Waals surface area contributed by atoms with Gasteiger partial charge in [-0.05, 0) is 46.9 Å². The molecule has 2 rings (SSSR count). The number of hydrogen-bond acceptors (Lipinski definition) is 2. The van der Waals surface area contributed by atoms with Gasteiger partial charge in [0.2, 0.25) is 5.91 Å². The monoisotopic (exact) mass is 354 g/mol. The molecule has 1 N–H and O–H groups in total. The Morgan fingerprint density at radius 3 is 2.78 bits per heavy atom. The van der Waals surface area contributed by atoms with Gasteiger partial charge in [-0.15, -0.1) is 0 Å². The molecular weight excluding hydrogens is 343 g/mol. The molecule has 0 aliphatic carbocycles. The summed E-state index contributed by atoms with van der Waals surface area (Å²) in [6, 6.07) is 12.3. The fraction of sp³-hybridized carbons (Fsp3) is 0.0769. The van der Waals surface area contributed by atoms with E-state index in [4.69, 9.17) is 0 Å². The van der Waals surface area contributed by atoms with Gasteiger partial charge in [-0.2, -0.15) is 0 Å². The molecule has 0 radical (unpaired) electrons. The molecule has 1 amide bonds. The minimum atomic E-state index is -0.217. The van der Waals surface area contributed by atoms with E-state index >= 15 is 0 Å². The Morgan fingerprint density at radius 1 is 1.22 bits per heavy atom. The topological polar surface area (TPSA) is 51.1 Å². The van der Waals surface area contributed by atoms with Gasteiger partial charge >= 0.3 is 0 Å². The zero-order valence-electron chi connectivity index (χ0n) is 9.47. The predicted molar refractivity (Wildman–Crippen MR) is 78.5 cm³/mol. The van der Waals surface area contributed by atoms with Crippen molar-refractivity contribution in [1.82, 2.24) is 4.57 Å². The van der Waals surface area contributed by atoms with Crippen molar-refractivity contribution in [2.45, 2.75) is 6.54 Å². The standard InChI is InChI=1S/C13H11IN2O2/c14-10-4-3-5-11(8-10)15-12(17)9-16-7-2-1-6-13(16)18/h1-8H,9H2,(H,15,17). The molecule has 2 aromatic rings. The van der Waals surface area contributed by atoms with Crippen molar-refractivity contribution < 1.29 is 4.79 Å². The third kappa shape index (κ3) is 3.43. The quantitative estimate of drug-likeness (QED) is 0.859. The Balaban J connectivity index is 2.06. The summed E-state index contributed by atoms with van der Waals surface area (Å²) in [6.07, 6.45) is 1.59. The lowest BCUT2D eigenvalue weighted by molar-refractivity contribution is -0.116. The Kier molecular flexibility index (Phi) is 4.14. The number of hydrogen-bond donors (Lipinski definition) is 1. The number of pyridine rings is 1. The molecule has 0 unspecified atom stereocenters. The normalized spacial score (nSPS) is 10.1. The Hall–Kier alpha value is -1.63. The van der Waals surface area contributed by atoms with Gasteiger partial charge in [0.05, 0.1) is 0 Å². The fourth-order valence-corrected chi connectivity index (χ4v) is 2.06. The molecular formula is C13H11IN2O2. The van der Waals surface area contributed by atoms with Crippen molar-refractivity contribution in [3.05, 3.63) is 62.6 Å². The predicted octanol–water partition coefficient (Wildman–Crippen LogP) is 2.09. The lowest BCUT2D eigenvalue weighted by atomic mass is 10.3.